The van der Waals surface area contributed by atoms with Crippen LogP contribution in [0.1, 0.15) is 27.2 Å². The van der Waals surface area contributed by atoms with E-state index in [0.717, 1.165) is 11.9 Å². The van der Waals surface area contributed by atoms with Gasteiger partial charge in [0.2, 0.25) is 5.91 Å². The summed E-state index contributed by atoms with van der Waals surface area (Å²) in [6.07, 6.45) is 2.88. The van der Waals surface area contributed by atoms with E-state index in [0.29, 0.717) is 6.54 Å². The van der Waals surface area contributed by atoms with Crippen LogP contribution in [0.4, 0.5) is 0 Å². The molecule has 1 heterocycles. The number of para-hydroxylation sites is 1. The second-order valence-electron chi connectivity index (χ2n) is 5.29. The molecule has 2 rings (SSSR count). The molecule has 0 saturated carbocycles. The fraction of sp³-hybridized carbons (Fsp3) is 0.400. The maximum atomic E-state index is 12.0. The topological polar surface area (TPSA) is 34.0 Å². The Bertz CT molecular complexity index is 554. The van der Waals surface area contributed by atoms with E-state index in [9.17, 15) is 4.79 Å². The molecular formula is C15H20N2O. The smallest absolute Gasteiger partial charge is 0.240 e. The first-order chi connectivity index (χ1) is 8.52. The van der Waals surface area contributed by atoms with E-state index >= 15 is 0 Å². The Hall–Kier alpha value is -1.77. The van der Waals surface area contributed by atoms with Crippen molar-refractivity contribution < 1.29 is 4.79 Å². The number of nitrogens with zero attached hydrogens (tertiary/aromatic N) is 1. The van der Waals surface area contributed by atoms with Crippen LogP contribution in [0.25, 0.3) is 10.9 Å². The SMILES string of the molecule is CCC(C)(C)NC(=O)Cn1ccc2ccccc21. The highest BCUT2D eigenvalue weighted by atomic mass is 16.2. The molecular weight excluding hydrogens is 224 g/mol. The first-order valence-corrected chi connectivity index (χ1v) is 6.37. The van der Waals surface area contributed by atoms with Crippen molar-refractivity contribution >= 4 is 16.8 Å². The van der Waals surface area contributed by atoms with Crippen LogP contribution in [0.5, 0.6) is 0 Å². The minimum absolute atomic E-state index is 0.0585. The number of aromatic nitrogens is 1. The highest BCUT2D eigenvalue weighted by Crippen LogP contribution is 2.15. The van der Waals surface area contributed by atoms with Gasteiger partial charge in [-0.3, -0.25) is 4.79 Å². The van der Waals surface area contributed by atoms with Crippen LogP contribution in [0.3, 0.4) is 0 Å². The van der Waals surface area contributed by atoms with Gasteiger partial charge in [0.25, 0.3) is 0 Å². The first-order valence-electron chi connectivity index (χ1n) is 6.37. The maximum Gasteiger partial charge on any atom is 0.240 e. The standard InChI is InChI=1S/C15H20N2O/c1-4-15(2,3)16-14(18)11-17-10-9-12-7-5-6-8-13(12)17/h5-10H,4,11H2,1-3H3,(H,16,18). The molecule has 0 aliphatic carbocycles. The van der Waals surface area contributed by atoms with E-state index in [-0.39, 0.29) is 11.4 Å². The summed E-state index contributed by atoms with van der Waals surface area (Å²) in [4.78, 5) is 12.0. The largest absolute Gasteiger partial charge is 0.350 e. The highest BCUT2D eigenvalue weighted by Gasteiger charge is 2.17. The normalized spacial score (nSPS) is 11.7. The fourth-order valence-corrected chi connectivity index (χ4v) is 1.94. The molecule has 96 valence electrons. The molecule has 0 unspecified atom stereocenters. The summed E-state index contributed by atoms with van der Waals surface area (Å²) >= 11 is 0. The molecule has 2 aromatic rings. The summed E-state index contributed by atoms with van der Waals surface area (Å²) in [5, 5.41) is 4.22. The third kappa shape index (κ3) is 2.73. The summed E-state index contributed by atoms with van der Waals surface area (Å²) in [7, 11) is 0. The molecule has 0 saturated heterocycles. The summed E-state index contributed by atoms with van der Waals surface area (Å²) in [5.74, 6) is 0.0585. The Morgan fingerprint density at radius 2 is 2.00 bits per heavy atom. The third-order valence-electron chi connectivity index (χ3n) is 3.36. The van der Waals surface area contributed by atoms with Gasteiger partial charge in [0, 0.05) is 17.3 Å². The van der Waals surface area contributed by atoms with E-state index < -0.39 is 0 Å². The van der Waals surface area contributed by atoms with Gasteiger partial charge in [-0.2, -0.15) is 0 Å². The van der Waals surface area contributed by atoms with Gasteiger partial charge in [-0.15, -0.1) is 0 Å². The number of rotatable bonds is 4. The molecule has 0 radical (unpaired) electrons. The van der Waals surface area contributed by atoms with E-state index in [2.05, 4.69) is 18.3 Å². The van der Waals surface area contributed by atoms with Crippen LogP contribution in [0.15, 0.2) is 36.5 Å². The lowest BCUT2D eigenvalue weighted by atomic mass is 10.0. The van der Waals surface area contributed by atoms with Crippen molar-refractivity contribution in [1.82, 2.24) is 9.88 Å². The zero-order chi connectivity index (χ0) is 13.2. The van der Waals surface area contributed by atoms with E-state index in [1.165, 1.54) is 5.39 Å². The first kappa shape index (κ1) is 12.7. The van der Waals surface area contributed by atoms with Crippen molar-refractivity contribution in [2.45, 2.75) is 39.3 Å². The molecule has 0 bridgehead atoms. The fourth-order valence-electron chi connectivity index (χ4n) is 1.94. The molecule has 0 spiro atoms. The number of hydrogen-bond donors (Lipinski definition) is 1. The van der Waals surface area contributed by atoms with Crippen LogP contribution in [-0.2, 0) is 11.3 Å². The molecule has 0 aliphatic rings. The zero-order valence-corrected chi connectivity index (χ0v) is 11.2. The summed E-state index contributed by atoms with van der Waals surface area (Å²) in [5.41, 5.74) is 0.960. The summed E-state index contributed by atoms with van der Waals surface area (Å²) in [6.45, 7) is 6.53. The van der Waals surface area contributed by atoms with Crippen molar-refractivity contribution in [3.63, 3.8) is 0 Å². The number of hydrogen-bond acceptors (Lipinski definition) is 1. The Kier molecular flexibility index (Phi) is 3.41. The predicted octanol–water partition coefficient (Wildman–Crippen LogP) is 2.95. The maximum absolute atomic E-state index is 12.0. The number of carbonyl (C=O) groups excluding carboxylic acids is 1. The van der Waals surface area contributed by atoms with Gasteiger partial charge in [0.1, 0.15) is 6.54 Å². The molecule has 1 N–H and O–H groups in total. The lowest BCUT2D eigenvalue weighted by Crippen LogP contribution is -2.44. The Labute approximate surface area is 108 Å². The van der Waals surface area contributed by atoms with E-state index in [1.807, 2.05) is 48.9 Å². The number of benzene rings is 1. The Balaban J connectivity index is 2.12. The minimum atomic E-state index is -0.139. The molecule has 3 nitrogen and oxygen atoms in total. The molecule has 18 heavy (non-hydrogen) atoms. The van der Waals surface area contributed by atoms with Crippen molar-refractivity contribution in [2.24, 2.45) is 0 Å². The highest BCUT2D eigenvalue weighted by molar-refractivity contribution is 5.83. The van der Waals surface area contributed by atoms with Gasteiger partial charge in [0.15, 0.2) is 0 Å². The zero-order valence-electron chi connectivity index (χ0n) is 11.2. The lowest BCUT2D eigenvalue weighted by Gasteiger charge is -2.24. The van der Waals surface area contributed by atoms with E-state index in [4.69, 9.17) is 0 Å². The van der Waals surface area contributed by atoms with Crippen molar-refractivity contribution in [3.8, 4) is 0 Å². The lowest BCUT2D eigenvalue weighted by molar-refractivity contribution is -0.123. The average Bonchev–Trinajstić information content (AvgIpc) is 2.72. The van der Waals surface area contributed by atoms with Gasteiger partial charge in [-0.05, 0) is 37.8 Å². The van der Waals surface area contributed by atoms with E-state index in [1.54, 1.807) is 0 Å². The monoisotopic (exact) mass is 244 g/mol. The van der Waals surface area contributed by atoms with Crippen LogP contribution in [0.2, 0.25) is 0 Å². The number of nitrogens with one attached hydrogen (secondary N) is 1. The number of amides is 1. The summed E-state index contributed by atoms with van der Waals surface area (Å²) < 4.78 is 1.98. The van der Waals surface area contributed by atoms with Crippen molar-refractivity contribution in [2.75, 3.05) is 0 Å². The van der Waals surface area contributed by atoms with Crippen LogP contribution in [-0.4, -0.2) is 16.0 Å². The third-order valence-corrected chi connectivity index (χ3v) is 3.36. The second-order valence-corrected chi connectivity index (χ2v) is 5.29. The molecule has 0 aliphatic heterocycles. The van der Waals surface area contributed by atoms with Crippen LogP contribution < -0.4 is 5.32 Å². The minimum Gasteiger partial charge on any atom is -0.350 e. The quantitative estimate of drug-likeness (QED) is 0.881. The molecule has 1 aromatic heterocycles. The van der Waals surface area contributed by atoms with Crippen molar-refractivity contribution in [3.05, 3.63) is 36.5 Å². The molecule has 0 fully saturated rings. The molecule has 1 amide bonds. The van der Waals surface area contributed by atoms with Gasteiger partial charge in [-0.1, -0.05) is 25.1 Å². The Morgan fingerprint density at radius 1 is 1.28 bits per heavy atom. The number of carbonyl (C=O) groups is 1. The summed E-state index contributed by atoms with van der Waals surface area (Å²) in [6, 6.07) is 10.1. The molecule has 1 aromatic carbocycles. The van der Waals surface area contributed by atoms with Crippen molar-refractivity contribution in [1.29, 1.82) is 0 Å². The Morgan fingerprint density at radius 3 is 2.72 bits per heavy atom. The molecule has 0 atom stereocenters. The van der Waals surface area contributed by atoms with Crippen LogP contribution >= 0.6 is 0 Å². The van der Waals surface area contributed by atoms with Crippen LogP contribution in [0, 0.1) is 0 Å². The van der Waals surface area contributed by atoms with Gasteiger partial charge in [-0.25, -0.2) is 0 Å². The number of fused-ring (bicyclic) bond motifs is 1. The second kappa shape index (κ2) is 4.84. The van der Waals surface area contributed by atoms with Gasteiger partial charge >= 0.3 is 0 Å². The predicted molar refractivity (Wildman–Crippen MR) is 74.5 cm³/mol. The van der Waals surface area contributed by atoms with Gasteiger partial charge < -0.3 is 9.88 Å². The average molecular weight is 244 g/mol. The molecule has 3 heteroatoms. The van der Waals surface area contributed by atoms with Gasteiger partial charge in [0.05, 0.1) is 0 Å².